The van der Waals surface area contributed by atoms with Crippen molar-refractivity contribution >= 4 is 15.9 Å². The Morgan fingerprint density at radius 2 is 2.25 bits per heavy atom. The van der Waals surface area contributed by atoms with E-state index >= 15 is 0 Å². The molecule has 2 rings (SSSR count). The van der Waals surface area contributed by atoms with Gasteiger partial charge < -0.3 is 10.5 Å². The number of rotatable bonds is 4. The first-order valence-electron chi connectivity index (χ1n) is 6.74. The summed E-state index contributed by atoms with van der Waals surface area (Å²) in [6, 6.07) is 2.17. The zero-order valence-corrected chi connectivity index (χ0v) is 13.0. The Hall–Kier alpha value is -0.560. The molecule has 1 aromatic carbocycles. The van der Waals surface area contributed by atoms with Crippen molar-refractivity contribution in [3.8, 4) is 0 Å². The Morgan fingerprint density at radius 3 is 2.95 bits per heavy atom. The Balaban J connectivity index is 2.08. The second kappa shape index (κ2) is 6.93. The number of halogens is 3. The number of morpholine rings is 1. The first kappa shape index (κ1) is 15.8. The van der Waals surface area contributed by atoms with Gasteiger partial charge in [-0.3, -0.25) is 4.90 Å². The number of benzene rings is 1. The van der Waals surface area contributed by atoms with Crippen LogP contribution < -0.4 is 5.73 Å². The van der Waals surface area contributed by atoms with E-state index in [0.29, 0.717) is 13.2 Å². The number of likely N-dealkylation sites (N-methyl/N-ethyl adjacent to an activating group) is 1. The minimum Gasteiger partial charge on any atom is -0.374 e. The smallest absolute Gasteiger partial charge is 0.143 e. The van der Waals surface area contributed by atoms with Crippen LogP contribution in [-0.4, -0.2) is 43.3 Å². The zero-order chi connectivity index (χ0) is 14.7. The van der Waals surface area contributed by atoms with E-state index in [2.05, 4.69) is 27.8 Å². The van der Waals surface area contributed by atoms with E-state index in [9.17, 15) is 8.78 Å². The molecule has 1 aliphatic heterocycles. The van der Waals surface area contributed by atoms with Crippen molar-refractivity contribution in [1.82, 2.24) is 4.90 Å². The fourth-order valence-electron chi connectivity index (χ4n) is 2.40. The molecule has 20 heavy (non-hydrogen) atoms. The highest BCUT2D eigenvalue weighted by Crippen LogP contribution is 2.23. The summed E-state index contributed by atoms with van der Waals surface area (Å²) in [5, 5.41) is 0. The lowest BCUT2D eigenvalue weighted by Crippen LogP contribution is -2.51. The van der Waals surface area contributed by atoms with Gasteiger partial charge >= 0.3 is 0 Å². The van der Waals surface area contributed by atoms with E-state index in [4.69, 9.17) is 10.5 Å². The minimum absolute atomic E-state index is 0.0177. The van der Waals surface area contributed by atoms with Crippen LogP contribution in [-0.2, 0) is 11.2 Å². The summed E-state index contributed by atoms with van der Waals surface area (Å²) < 4.78 is 33.6. The van der Waals surface area contributed by atoms with Crippen LogP contribution in [0.5, 0.6) is 0 Å². The van der Waals surface area contributed by atoms with Gasteiger partial charge in [-0.05, 0) is 41.0 Å². The second-order valence-corrected chi connectivity index (χ2v) is 5.85. The summed E-state index contributed by atoms with van der Waals surface area (Å²) in [4.78, 5) is 2.22. The van der Waals surface area contributed by atoms with Gasteiger partial charge in [0.15, 0.2) is 0 Å². The highest BCUT2D eigenvalue weighted by molar-refractivity contribution is 9.10. The Bertz CT molecular complexity index is 473. The summed E-state index contributed by atoms with van der Waals surface area (Å²) in [5.74, 6) is -1.15. The zero-order valence-electron chi connectivity index (χ0n) is 11.4. The van der Waals surface area contributed by atoms with Crippen LogP contribution in [0, 0.1) is 11.6 Å². The lowest BCUT2D eigenvalue weighted by Gasteiger charge is -2.35. The van der Waals surface area contributed by atoms with Gasteiger partial charge in [-0.15, -0.1) is 0 Å². The quantitative estimate of drug-likeness (QED) is 0.848. The van der Waals surface area contributed by atoms with Crippen molar-refractivity contribution < 1.29 is 13.5 Å². The predicted octanol–water partition coefficient (Wildman–Crippen LogP) is 2.32. The summed E-state index contributed by atoms with van der Waals surface area (Å²) in [6.07, 6.45) is -0.0687. The fourth-order valence-corrected chi connectivity index (χ4v) is 2.77. The van der Waals surface area contributed by atoms with Gasteiger partial charge in [0.05, 0.1) is 17.2 Å². The van der Waals surface area contributed by atoms with Gasteiger partial charge in [-0.2, -0.15) is 0 Å². The molecule has 0 radical (unpaired) electrons. The van der Waals surface area contributed by atoms with E-state index in [1.807, 2.05) is 0 Å². The average molecular weight is 349 g/mol. The lowest BCUT2D eigenvalue weighted by molar-refractivity contribution is -0.0387. The summed E-state index contributed by atoms with van der Waals surface area (Å²) in [6.45, 7) is 5.18. The molecular formula is C14H19BrF2N2O. The van der Waals surface area contributed by atoms with Gasteiger partial charge in [-0.25, -0.2) is 8.78 Å². The minimum atomic E-state index is -0.580. The van der Waals surface area contributed by atoms with Crippen molar-refractivity contribution in [2.75, 3.05) is 26.2 Å². The maximum atomic E-state index is 13.9. The Labute approximate surface area is 126 Å². The van der Waals surface area contributed by atoms with Gasteiger partial charge in [0.1, 0.15) is 11.6 Å². The molecule has 0 aliphatic carbocycles. The van der Waals surface area contributed by atoms with Crippen LogP contribution in [0.25, 0.3) is 0 Å². The summed E-state index contributed by atoms with van der Waals surface area (Å²) >= 11 is 3.06. The molecule has 6 heteroatoms. The van der Waals surface area contributed by atoms with E-state index in [1.54, 1.807) is 0 Å². The molecule has 2 N–H and O–H groups in total. The van der Waals surface area contributed by atoms with E-state index in [0.717, 1.165) is 13.1 Å². The SMILES string of the molecule is CCN1CCOC(C(N)Cc2c(F)ccc(Br)c2F)C1. The maximum absolute atomic E-state index is 13.9. The number of ether oxygens (including phenoxy) is 1. The first-order chi connectivity index (χ1) is 9.52. The van der Waals surface area contributed by atoms with Crippen molar-refractivity contribution in [2.24, 2.45) is 5.73 Å². The third kappa shape index (κ3) is 3.55. The van der Waals surface area contributed by atoms with Crippen LogP contribution in [0.4, 0.5) is 8.78 Å². The highest BCUT2D eigenvalue weighted by Gasteiger charge is 2.27. The monoisotopic (exact) mass is 348 g/mol. The van der Waals surface area contributed by atoms with Crippen LogP contribution in [0.15, 0.2) is 16.6 Å². The van der Waals surface area contributed by atoms with Gasteiger partial charge in [0.2, 0.25) is 0 Å². The second-order valence-electron chi connectivity index (χ2n) is 4.99. The molecule has 2 atom stereocenters. The van der Waals surface area contributed by atoms with Crippen molar-refractivity contribution in [2.45, 2.75) is 25.5 Å². The van der Waals surface area contributed by atoms with Crippen molar-refractivity contribution in [3.63, 3.8) is 0 Å². The largest absolute Gasteiger partial charge is 0.374 e. The normalized spacial score (nSPS) is 21.9. The predicted molar refractivity (Wildman–Crippen MR) is 77.6 cm³/mol. The first-order valence-corrected chi connectivity index (χ1v) is 7.54. The number of nitrogens with two attached hydrogens (primary N) is 1. The van der Waals surface area contributed by atoms with Gasteiger partial charge in [0, 0.05) is 24.7 Å². The fraction of sp³-hybridized carbons (Fsp3) is 0.571. The van der Waals surface area contributed by atoms with Crippen molar-refractivity contribution in [1.29, 1.82) is 0 Å². The molecule has 1 aliphatic rings. The van der Waals surface area contributed by atoms with Gasteiger partial charge in [0.25, 0.3) is 0 Å². The summed E-state index contributed by atoms with van der Waals surface area (Å²) in [5.41, 5.74) is 6.10. The topological polar surface area (TPSA) is 38.5 Å². The van der Waals surface area contributed by atoms with E-state index in [1.165, 1.54) is 12.1 Å². The molecule has 0 aromatic heterocycles. The molecule has 1 saturated heterocycles. The molecule has 0 bridgehead atoms. The number of nitrogens with zero attached hydrogens (tertiary/aromatic N) is 1. The summed E-state index contributed by atoms with van der Waals surface area (Å²) in [7, 11) is 0. The molecule has 2 unspecified atom stereocenters. The van der Waals surface area contributed by atoms with Crippen LogP contribution in [0.3, 0.4) is 0 Å². The van der Waals surface area contributed by atoms with Crippen LogP contribution in [0.2, 0.25) is 0 Å². The highest BCUT2D eigenvalue weighted by atomic mass is 79.9. The maximum Gasteiger partial charge on any atom is 0.143 e. The molecule has 0 amide bonds. The molecular weight excluding hydrogens is 330 g/mol. The van der Waals surface area contributed by atoms with Crippen LogP contribution in [0.1, 0.15) is 12.5 Å². The van der Waals surface area contributed by atoms with Crippen LogP contribution >= 0.6 is 15.9 Å². The third-order valence-electron chi connectivity index (χ3n) is 3.68. The van der Waals surface area contributed by atoms with Crippen molar-refractivity contribution in [3.05, 3.63) is 33.8 Å². The molecule has 3 nitrogen and oxygen atoms in total. The molecule has 112 valence electrons. The standard InChI is InChI=1S/C14H19BrF2N2O/c1-2-19-5-6-20-13(8-19)12(18)7-9-11(16)4-3-10(15)14(9)17/h3-4,12-13H,2,5-8,18H2,1H3. The Kier molecular flexibility index (Phi) is 5.49. The third-order valence-corrected chi connectivity index (χ3v) is 4.29. The van der Waals surface area contributed by atoms with E-state index in [-0.39, 0.29) is 22.6 Å². The lowest BCUT2D eigenvalue weighted by atomic mass is 10.00. The molecule has 0 saturated carbocycles. The van der Waals surface area contributed by atoms with Gasteiger partial charge in [-0.1, -0.05) is 6.92 Å². The molecule has 1 aromatic rings. The average Bonchev–Trinajstić information content (AvgIpc) is 2.47. The molecule has 1 heterocycles. The van der Waals surface area contributed by atoms with E-state index < -0.39 is 17.7 Å². The molecule has 0 spiro atoms. The number of hydrogen-bond acceptors (Lipinski definition) is 3. The number of hydrogen-bond donors (Lipinski definition) is 1. The Morgan fingerprint density at radius 1 is 1.50 bits per heavy atom. The molecule has 1 fully saturated rings.